The molecular formula is C18H16N4O6S. The third-order valence-electron chi connectivity index (χ3n) is 3.89. The zero-order valence-electron chi connectivity index (χ0n) is 15.4. The number of nitro benzene ring substituents is 1. The highest BCUT2D eigenvalue weighted by molar-refractivity contribution is 8.13. The Labute approximate surface area is 168 Å². The van der Waals surface area contributed by atoms with Crippen molar-refractivity contribution in [3.8, 4) is 0 Å². The number of non-ortho nitro benzene ring substituents is 1. The smallest absolute Gasteiger partial charge is 0.407 e. The molecule has 10 nitrogen and oxygen atoms in total. The number of fused-ring (bicyclic) bond motifs is 1. The second-order valence-electron chi connectivity index (χ2n) is 6.17. The number of amides is 2. The molecule has 29 heavy (non-hydrogen) atoms. The number of oxazole rings is 1. The van der Waals surface area contributed by atoms with Gasteiger partial charge in [-0.25, -0.2) is 4.79 Å². The van der Waals surface area contributed by atoms with E-state index in [-0.39, 0.29) is 28.6 Å². The Kier molecular flexibility index (Phi) is 5.69. The minimum absolute atomic E-state index is 0.0181. The number of carbonyl (C=O) groups excluding carboxylic acids is 2. The Bertz CT molecular complexity index is 1170. The van der Waals surface area contributed by atoms with Crippen LogP contribution < -0.4 is 11.1 Å². The first-order valence-corrected chi connectivity index (χ1v) is 9.13. The lowest BCUT2D eigenvalue weighted by molar-refractivity contribution is -0.384. The van der Waals surface area contributed by atoms with Crippen molar-refractivity contribution in [2.24, 2.45) is 0 Å². The number of nitrogens with one attached hydrogen (secondary N) is 1. The summed E-state index contributed by atoms with van der Waals surface area (Å²) in [5.74, 6) is -1.32. The Balaban J connectivity index is 1.82. The van der Waals surface area contributed by atoms with Gasteiger partial charge in [0, 0.05) is 25.1 Å². The van der Waals surface area contributed by atoms with Crippen molar-refractivity contribution in [3.05, 3.63) is 63.1 Å². The Morgan fingerprint density at radius 2 is 1.97 bits per heavy atom. The number of aromatic nitrogens is 1. The average molecular weight is 416 g/mol. The number of hydrogen-bond donors (Lipinski definition) is 1. The fraction of sp³-hybridized carbons (Fsp3) is 0.167. The van der Waals surface area contributed by atoms with Gasteiger partial charge in [-0.2, -0.15) is 0 Å². The second kappa shape index (κ2) is 8.19. The molecule has 150 valence electrons. The van der Waals surface area contributed by atoms with Crippen LogP contribution in [0, 0.1) is 10.1 Å². The van der Waals surface area contributed by atoms with Crippen LogP contribution in [0.2, 0.25) is 0 Å². The van der Waals surface area contributed by atoms with Crippen molar-refractivity contribution in [2.75, 3.05) is 19.4 Å². The van der Waals surface area contributed by atoms with Crippen LogP contribution in [0.15, 0.2) is 56.6 Å². The number of carbonyl (C=O) groups is 2. The predicted molar refractivity (Wildman–Crippen MR) is 107 cm³/mol. The third-order valence-corrected chi connectivity index (χ3v) is 5.00. The van der Waals surface area contributed by atoms with Crippen molar-refractivity contribution in [1.29, 1.82) is 0 Å². The summed E-state index contributed by atoms with van der Waals surface area (Å²) in [6.07, 6.45) is 0. The number of hydrogen-bond acceptors (Lipinski definition) is 7. The first-order chi connectivity index (χ1) is 13.8. The van der Waals surface area contributed by atoms with E-state index in [0.29, 0.717) is 10.6 Å². The largest absolute Gasteiger partial charge is 0.420 e. The maximum Gasteiger partial charge on any atom is 0.420 e. The fourth-order valence-corrected chi connectivity index (χ4v) is 3.24. The van der Waals surface area contributed by atoms with Gasteiger partial charge in [0.25, 0.3) is 10.9 Å². The molecule has 0 bridgehead atoms. The molecule has 0 aliphatic rings. The van der Waals surface area contributed by atoms with Gasteiger partial charge in [0.05, 0.1) is 22.2 Å². The molecule has 11 heteroatoms. The maximum atomic E-state index is 12.5. The van der Waals surface area contributed by atoms with Gasteiger partial charge in [-0.15, -0.1) is 0 Å². The zero-order valence-corrected chi connectivity index (χ0v) is 16.3. The Morgan fingerprint density at radius 1 is 1.24 bits per heavy atom. The van der Waals surface area contributed by atoms with E-state index in [0.717, 1.165) is 22.4 Å². The van der Waals surface area contributed by atoms with Crippen molar-refractivity contribution >= 4 is 45.4 Å². The van der Waals surface area contributed by atoms with Crippen molar-refractivity contribution in [1.82, 2.24) is 9.47 Å². The van der Waals surface area contributed by atoms with Gasteiger partial charge in [0.15, 0.2) is 5.58 Å². The summed E-state index contributed by atoms with van der Waals surface area (Å²) in [5, 5.41) is 13.3. The molecule has 0 radical (unpaired) electrons. The predicted octanol–water partition coefficient (Wildman–Crippen LogP) is 2.92. The topological polar surface area (TPSA) is 128 Å². The van der Waals surface area contributed by atoms with Crippen LogP contribution >= 0.6 is 11.8 Å². The molecule has 0 aliphatic heterocycles. The summed E-state index contributed by atoms with van der Waals surface area (Å²) in [5.41, 5.74) is 0.485. The lowest BCUT2D eigenvalue weighted by Gasteiger charge is -2.13. The molecular weight excluding hydrogens is 400 g/mol. The standard InChI is InChI=1S/C18H16N4O6S/c1-20(2)18(25)29-15-6-4-3-5-12(15)19-16(23)10-21-13-8-7-11(22(26)27)9-14(13)28-17(21)24/h3-9H,10H2,1-2H3,(H,19,23). The van der Waals surface area contributed by atoms with Gasteiger partial charge in [0.2, 0.25) is 5.91 Å². The number of anilines is 1. The molecule has 1 N–H and O–H groups in total. The summed E-state index contributed by atoms with van der Waals surface area (Å²) in [4.78, 5) is 48.7. The summed E-state index contributed by atoms with van der Waals surface area (Å²) in [7, 11) is 3.24. The van der Waals surface area contributed by atoms with Crippen molar-refractivity contribution in [2.45, 2.75) is 11.4 Å². The lowest BCUT2D eigenvalue weighted by atomic mass is 10.3. The molecule has 1 heterocycles. The molecule has 2 amide bonds. The zero-order chi connectivity index (χ0) is 21.1. The lowest BCUT2D eigenvalue weighted by Crippen LogP contribution is -2.25. The second-order valence-corrected chi connectivity index (χ2v) is 7.16. The van der Waals surface area contributed by atoms with E-state index < -0.39 is 16.6 Å². The minimum Gasteiger partial charge on any atom is -0.407 e. The average Bonchev–Trinajstić information content (AvgIpc) is 2.97. The highest BCUT2D eigenvalue weighted by Gasteiger charge is 2.17. The number of benzene rings is 2. The Morgan fingerprint density at radius 3 is 2.66 bits per heavy atom. The van der Waals surface area contributed by atoms with E-state index in [1.54, 1.807) is 38.4 Å². The molecule has 0 saturated heterocycles. The van der Waals surface area contributed by atoms with E-state index in [4.69, 9.17) is 4.42 Å². The molecule has 2 aromatic carbocycles. The van der Waals surface area contributed by atoms with Crippen LogP contribution in [0.25, 0.3) is 11.1 Å². The SMILES string of the molecule is CN(C)C(=O)Sc1ccccc1NC(=O)Cn1c(=O)oc2cc([N+](=O)[O-])ccc21. The van der Waals surface area contributed by atoms with E-state index in [9.17, 15) is 24.5 Å². The van der Waals surface area contributed by atoms with Crippen LogP contribution in [-0.4, -0.2) is 39.6 Å². The molecule has 0 aliphatic carbocycles. The van der Waals surface area contributed by atoms with Gasteiger partial charge < -0.3 is 14.6 Å². The van der Waals surface area contributed by atoms with E-state index in [2.05, 4.69) is 5.32 Å². The summed E-state index contributed by atoms with van der Waals surface area (Å²) < 4.78 is 6.09. The molecule has 0 spiro atoms. The number of thioether (sulfide) groups is 1. The van der Waals surface area contributed by atoms with Crippen LogP contribution in [0.4, 0.5) is 16.2 Å². The van der Waals surface area contributed by atoms with Crippen LogP contribution in [-0.2, 0) is 11.3 Å². The molecule has 3 rings (SSSR count). The number of nitrogens with zero attached hydrogens (tertiary/aromatic N) is 3. The molecule has 0 fully saturated rings. The minimum atomic E-state index is -0.805. The van der Waals surface area contributed by atoms with Gasteiger partial charge >= 0.3 is 5.76 Å². The summed E-state index contributed by atoms with van der Waals surface area (Å²) in [6, 6.07) is 10.5. The third kappa shape index (κ3) is 4.46. The van der Waals surface area contributed by atoms with E-state index in [1.165, 1.54) is 17.0 Å². The normalized spacial score (nSPS) is 10.7. The molecule has 3 aromatic rings. The van der Waals surface area contributed by atoms with Crippen LogP contribution in [0.5, 0.6) is 0 Å². The van der Waals surface area contributed by atoms with Crippen molar-refractivity contribution in [3.63, 3.8) is 0 Å². The van der Waals surface area contributed by atoms with Gasteiger partial charge in [-0.3, -0.25) is 24.3 Å². The van der Waals surface area contributed by atoms with Crippen molar-refractivity contribution < 1.29 is 18.9 Å². The van der Waals surface area contributed by atoms with E-state index in [1.807, 2.05) is 0 Å². The number of rotatable bonds is 5. The van der Waals surface area contributed by atoms with E-state index >= 15 is 0 Å². The molecule has 0 saturated carbocycles. The number of para-hydroxylation sites is 1. The first kappa shape index (κ1) is 20.1. The molecule has 0 unspecified atom stereocenters. The highest BCUT2D eigenvalue weighted by Crippen LogP contribution is 2.28. The Hall–Kier alpha value is -3.60. The molecule has 0 atom stereocenters. The molecule has 1 aromatic heterocycles. The fourth-order valence-electron chi connectivity index (χ4n) is 2.50. The van der Waals surface area contributed by atoms with Gasteiger partial charge in [-0.1, -0.05) is 12.1 Å². The quantitative estimate of drug-likeness (QED) is 0.385. The summed E-state index contributed by atoms with van der Waals surface area (Å²) in [6.45, 7) is -0.357. The van der Waals surface area contributed by atoms with Gasteiger partial charge in [-0.05, 0) is 30.0 Å². The summed E-state index contributed by atoms with van der Waals surface area (Å²) >= 11 is 0.960. The monoisotopic (exact) mass is 416 g/mol. The van der Waals surface area contributed by atoms with Crippen LogP contribution in [0.3, 0.4) is 0 Å². The van der Waals surface area contributed by atoms with Crippen LogP contribution in [0.1, 0.15) is 0 Å². The highest BCUT2D eigenvalue weighted by atomic mass is 32.2. The maximum absolute atomic E-state index is 12.5. The first-order valence-electron chi connectivity index (χ1n) is 8.32. The van der Waals surface area contributed by atoms with Gasteiger partial charge in [0.1, 0.15) is 6.54 Å². The number of nitro groups is 1.